The number of hydrogen-bond acceptors (Lipinski definition) is 8. The zero-order valence-electron chi connectivity index (χ0n) is 19.5. The van der Waals surface area contributed by atoms with Gasteiger partial charge in [-0.15, -0.1) is 0 Å². The summed E-state index contributed by atoms with van der Waals surface area (Å²) < 4.78 is 42.6. The van der Waals surface area contributed by atoms with Crippen molar-refractivity contribution < 1.29 is 32.8 Å². The fraction of sp³-hybridized carbons (Fsp3) is 0.833. The minimum atomic E-state index is -3.91. The Morgan fingerprint density at radius 1 is 1.25 bits per heavy atom. The molecule has 3 unspecified atom stereocenters. The second kappa shape index (κ2) is 11.0. The maximum absolute atomic E-state index is 13.4. The number of amides is 1. The van der Waals surface area contributed by atoms with E-state index in [2.05, 4.69) is 10.5 Å². The number of carbonyl (C=O) groups excluding carboxylic acids is 2. The summed E-state index contributed by atoms with van der Waals surface area (Å²) >= 11 is 12.4. The molecule has 1 rings (SSSR count). The lowest BCUT2D eigenvalue weighted by atomic mass is 10.1. The maximum atomic E-state index is 13.4. The van der Waals surface area contributed by atoms with Crippen molar-refractivity contribution in [1.82, 2.24) is 9.99 Å². The van der Waals surface area contributed by atoms with Crippen molar-refractivity contribution >= 4 is 53.7 Å². The quantitative estimate of drug-likeness (QED) is 0.232. The first kappa shape index (κ1) is 29.1. The highest BCUT2D eigenvalue weighted by atomic mass is 35.7. The minimum Gasteiger partial charge on any atom is -0.464 e. The number of nitrogens with zero attached hydrogens (tertiary/aromatic N) is 2. The molecule has 0 radical (unpaired) electrons. The van der Waals surface area contributed by atoms with Gasteiger partial charge in [0.2, 0.25) is 0 Å². The van der Waals surface area contributed by atoms with E-state index in [0.717, 1.165) is 0 Å². The Kier molecular flexibility index (Phi) is 9.98. The van der Waals surface area contributed by atoms with Crippen molar-refractivity contribution in [3.63, 3.8) is 0 Å². The van der Waals surface area contributed by atoms with Crippen LogP contribution in [0.2, 0.25) is 0 Å². The molecule has 186 valence electrons. The van der Waals surface area contributed by atoms with E-state index < -0.39 is 42.0 Å². The molecule has 0 saturated heterocycles. The molecule has 0 fully saturated rings. The van der Waals surface area contributed by atoms with Gasteiger partial charge < -0.3 is 19.4 Å². The molecule has 14 heteroatoms. The number of amidine groups is 1. The van der Waals surface area contributed by atoms with Crippen LogP contribution in [0.5, 0.6) is 0 Å². The number of alkyl carbamates (subject to hydrolysis) is 1. The van der Waals surface area contributed by atoms with E-state index in [4.69, 9.17) is 36.6 Å². The van der Waals surface area contributed by atoms with Crippen molar-refractivity contribution in [1.29, 1.82) is 0 Å². The predicted molar refractivity (Wildman–Crippen MR) is 126 cm³/mol. The van der Waals surface area contributed by atoms with E-state index in [9.17, 15) is 18.7 Å². The summed E-state index contributed by atoms with van der Waals surface area (Å²) in [6.07, 6.45) is 0.397. The van der Waals surface area contributed by atoms with Gasteiger partial charge in [-0.25, -0.2) is 9.59 Å². The van der Waals surface area contributed by atoms with Gasteiger partial charge in [0, 0.05) is 6.54 Å². The smallest absolute Gasteiger partial charge is 0.408 e. The first-order valence-corrected chi connectivity index (χ1v) is 15.3. The third-order valence-electron chi connectivity index (χ3n) is 4.67. The SMILES string of the molecule is CCOC(=O)C(CCCCN1C(C)=NOP(=O)(Cl)C(C)(C)P1(=O)Cl)NC(=O)OC(C)(C)C. The van der Waals surface area contributed by atoms with Crippen LogP contribution in [-0.4, -0.2) is 52.3 Å². The molecule has 1 heterocycles. The largest absolute Gasteiger partial charge is 0.464 e. The van der Waals surface area contributed by atoms with E-state index in [1.54, 1.807) is 27.7 Å². The molecule has 0 bridgehead atoms. The Hall–Kier alpha value is -0.950. The second-order valence-electron chi connectivity index (χ2n) is 8.77. The summed E-state index contributed by atoms with van der Waals surface area (Å²) in [7, 11) is 0. The summed E-state index contributed by atoms with van der Waals surface area (Å²) in [5, 5.41) is 6.26. The topological polar surface area (TPSA) is 124 Å². The van der Waals surface area contributed by atoms with Crippen molar-refractivity contribution in [3.05, 3.63) is 0 Å². The van der Waals surface area contributed by atoms with Crippen LogP contribution in [0.15, 0.2) is 5.16 Å². The van der Waals surface area contributed by atoms with Crippen molar-refractivity contribution in [2.24, 2.45) is 5.16 Å². The lowest BCUT2D eigenvalue weighted by Gasteiger charge is -2.36. The maximum Gasteiger partial charge on any atom is 0.408 e. The number of ether oxygens (including phenoxy) is 2. The highest BCUT2D eigenvalue weighted by molar-refractivity contribution is 8.02. The third-order valence-corrected chi connectivity index (χ3v) is 14.3. The summed E-state index contributed by atoms with van der Waals surface area (Å²) in [6.45, 7) is 3.81. The Bertz CT molecular complexity index is 830. The summed E-state index contributed by atoms with van der Waals surface area (Å²) in [5.74, 6) is -0.393. The van der Waals surface area contributed by atoms with Crippen LogP contribution < -0.4 is 5.32 Å². The van der Waals surface area contributed by atoms with Crippen molar-refractivity contribution in [2.75, 3.05) is 13.2 Å². The van der Waals surface area contributed by atoms with Crippen LogP contribution in [0.1, 0.15) is 67.7 Å². The van der Waals surface area contributed by atoms with Crippen LogP contribution >= 0.6 is 35.8 Å². The molecule has 0 aromatic heterocycles. The number of halogens is 2. The Labute approximate surface area is 199 Å². The summed E-state index contributed by atoms with van der Waals surface area (Å²) in [5.41, 5.74) is -0.717. The van der Waals surface area contributed by atoms with Gasteiger partial charge in [-0.1, -0.05) is 5.16 Å². The third kappa shape index (κ3) is 7.28. The molecular formula is C18H33Cl2N3O7P2. The molecule has 0 aliphatic carbocycles. The molecule has 1 aliphatic rings. The molecule has 1 aliphatic heterocycles. The first-order chi connectivity index (χ1) is 14.5. The fourth-order valence-electron chi connectivity index (χ4n) is 2.73. The zero-order chi connectivity index (χ0) is 25.0. The lowest BCUT2D eigenvalue weighted by molar-refractivity contribution is -0.145. The molecule has 10 nitrogen and oxygen atoms in total. The van der Waals surface area contributed by atoms with E-state index in [1.165, 1.54) is 25.4 Å². The van der Waals surface area contributed by atoms with E-state index >= 15 is 0 Å². The number of nitrogens with one attached hydrogen (secondary N) is 1. The average molecular weight is 536 g/mol. The van der Waals surface area contributed by atoms with Crippen LogP contribution in [0.25, 0.3) is 0 Å². The lowest BCUT2D eigenvalue weighted by Crippen LogP contribution is -2.44. The monoisotopic (exact) mass is 535 g/mol. The normalized spacial score (nSPS) is 26.3. The van der Waals surface area contributed by atoms with Crippen LogP contribution in [-0.2, 0) is 28.0 Å². The standard InChI is InChI=1S/C18H33Cl2N3O7P2/c1-8-28-15(24)14(21-16(25)29-17(3,4)5)11-9-10-12-23-13(2)22-30-32(20,27)18(6,7)31(23,19)26/h14H,8-12H2,1-7H3,(H,21,25). The molecule has 3 atom stereocenters. The fourth-order valence-corrected chi connectivity index (χ4v) is 8.98. The van der Waals surface area contributed by atoms with Crippen molar-refractivity contribution in [3.8, 4) is 0 Å². The second-order valence-corrected chi connectivity index (χ2v) is 16.7. The first-order valence-electron chi connectivity index (χ1n) is 10.2. The van der Waals surface area contributed by atoms with Gasteiger partial charge in [0.25, 0.3) is 6.65 Å². The molecule has 0 aromatic rings. The van der Waals surface area contributed by atoms with Crippen LogP contribution in [0.3, 0.4) is 0 Å². The Morgan fingerprint density at radius 2 is 1.84 bits per heavy atom. The number of esters is 1. The van der Waals surface area contributed by atoms with E-state index in [-0.39, 0.29) is 25.4 Å². The Morgan fingerprint density at radius 3 is 2.38 bits per heavy atom. The molecular weight excluding hydrogens is 503 g/mol. The number of oxime groups is 1. The number of rotatable bonds is 8. The minimum absolute atomic E-state index is 0.164. The van der Waals surface area contributed by atoms with Gasteiger partial charge in [-0.2, -0.15) is 0 Å². The molecule has 0 aromatic carbocycles. The molecule has 1 amide bonds. The molecule has 1 N–H and O–H groups in total. The van der Waals surface area contributed by atoms with Crippen LogP contribution in [0, 0.1) is 0 Å². The summed E-state index contributed by atoms with van der Waals surface area (Å²) in [6, 6.07) is -0.908. The van der Waals surface area contributed by atoms with Gasteiger partial charge in [-0.05, 0) is 90.2 Å². The zero-order valence-corrected chi connectivity index (χ0v) is 22.8. The average Bonchev–Trinajstić information content (AvgIpc) is 2.66. The van der Waals surface area contributed by atoms with Gasteiger partial charge in [-0.3, -0.25) is 13.8 Å². The number of hydrogen-bond donors (Lipinski definition) is 1. The highest BCUT2D eigenvalue weighted by Crippen LogP contribution is 2.82. The molecule has 0 spiro atoms. The predicted octanol–water partition coefficient (Wildman–Crippen LogP) is 5.88. The summed E-state index contributed by atoms with van der Waals surface area (Å²) in [4.78, 5) is 22.8. The molecule has 0 saturated carbocycles. The number of carbonyl (C=O) groups is 2. The van der Waals surface area contributed by atoms with E-state index in [1.807, 2.05) is 0 Å². The van der Waals surface area contributed by atoms with E-state index in [0.29, 0.717) is 12.8 Å². The van der Waals surface area contributed by atoms with Gasteiger partial charge in [0.1, 0.15) is 17.5 Å². The van der Waals surface area contributed by atoms with Gasteiger partial charge in [0.05, 0.1) is 6.61 Å². The van der Waals surface area contributed by atoms with Crippen LogP contribution in [0.4, 0.5) is 4.79 Å². The highest BCUT2D eigenvalue weighted by Gasteiger charge is 2.59. The molecule has 32 heavy (non-hydrogen) atoms. The Balaban J connectivity index is 2.83. The van der Waals surface area contributed by atoms with Gasteiger partial charge in [0.15, 0.2) is 4.90 Å². The van der Waals surface area contributed by atoms with Crippen molar-refractivity contribution in [2.45, 2.75) is 84.3 Å². The number of unbranched alkanes of at least 4 members (excludes halogenated alkanes) is 1. The van der Waals surface area contributed by atoms with Gasteiger partial charge >= 0.3 is 18.8 Å².